The van der Waals surface area contributed by atoms with E-state index in [4.69, 9.17) is 4.42 Å². The van der Waals surface area contributed by atoms with E-state index in [0.29, 0.717) is 17.9 Å². The van der Waals surface area contributed by atoms with Gasteiger partial charge in [0.05, 0.1) is 12.8 Å². The summed E-state index contributed by atoms with van der Waals surface area (Å²) in [5, 5.41) is 2.71. The van der Waals surface area contributed by atoms with Gasteiger partial charge in [-0.3, -0.25) is 9.59 Å². The second-order valence-corrected chi connectivity index (χ2v) is 4.15. The van der Waals surface area contributed by atoms with Gasteiger partial charge in [0, 0.05) is 18.4 Å². The summed E-state index contributed by atoms with van der Waals surface area (Å²) in [5.74, 6) is 0.525. The number of amides is 1. The number of carbonyl (C=O) groups excluding carboxylic acids is 2. The Morgan fingerprint density at radius 2 is 1.79 bits per heavy atom. The number of benzene rings is 1. The maximum atomic E-state index is 11.8. The average Bonchev–Trinajstić information content (AvgIpc) is 2.96. The fourth-order valence-electron chi connectivity index (χ4n) is 1.68. The topological polar surface area (TPSA) is 59.3 Å². The Balaban J connectivity index is 1.73. The van der Waals surface area contributed by atoms with Crippen LogP contribution in [0.3, 0.4) is 0 Å². The highest BCUT2D eigenvalue weighted by molar-refractivity contribution is 5.97. The van der Waals surface area contributed by atoms with Crippen molar-refractivity contribution in [3.05, 3.63) is 60.1 Å². The van der Waals surface area contributed by atoms with Crippen molar-refractivity contribution >= 4 is 11.7 Å². The van der Waals surface area contributed by atoms with E-state index < -0.39 is 0 Å². The third-order valence-corrected chi connectivity index (χ3v) is 2.71. The molecule has 1 amide bonds. The molecule has 0 atom stereocenters. The second-order valence-electron chi connectivity index (χ2n) is 4.15. The molecule has 0 aliphatic carbocycles. The summed E-state index contributed by atoms with van der Waals surface area (Å²) in [4.78, 5) is 23.4. The summed E-state index contributed by atoms with van der Waals surface area (Å²) < 4.78 is 5.10. The van der Waals surface area contributed by atoms with Gasteiger partial charge >= 0.3 is 0 Å². The maximum Gasteiger partial charge on any atom is 0.220 e. The Hall–Kier alpha value is -2.36. The number of nitrogens with one attached hydrogen (secondary N) is 1. The van der Waals surface area contributed by atoms with Crippen molar-refractivity contribution in [3.8, 4) is 0 Å². The quantitative estimate of drug-likeness (QED) is 0.809. The zero-order valence-corrected chi connectivity index (χ0v) is 10.5. The van der Waals surface area contributed by atoms with Crippen molar-refractivity contribution in [2.75, 3.05) is 0 Å². The molecule has 0 aliphatic rings. The molecule has 0 spiro atoms. The molecule has 0 saturated heterocycles. The lowest BCUT2D eigenvalue weighted by atomic mass is 10.1. The predicted octanol–water partition coefficient (Wildman–Crippen LogP) is 2.56. The van der Waals surface area contributed by atoms with Gasteiger partial charge in [-0.2, -0.15) is 0 Å². The van der Waals surface area contributed by atoms with E-state index in [1.54, 1.807) is 30.5 Å². The number of hydrogen-bond acceptors (Lipinski definition) is 3. The van der Waals surface area contributed by atoms with Crippen LogP contribution in [0.25, 0.3) is 0 Å². The standard InChI is InChI=1S/C15H15NO3/c17-14(12-5-2-1-3-6-12)8-9-15(18)16-11-13-7-4-10-19-13/h1-7,10H,8-9,11H2,(H,16,18). The molecule has 19 heavy (non-hydrogen) atoms. The zero-order chi connectivity index (χ0) is 13.5. The predicted molar refractivity (Wildman–Crippen MR) is 70.6 cm³/mol. The highest BCUT2D eigenvalue weighted by Gasteiger charge is 2.09. The van der Waals surface area contributed by atoms with Gasteiger partial charge in [-0.05, 0) is 12.1 Å². The fourth-order valence-corrected chi connectivity index (χ4v) is 1.68. The van der Waals surface area contributed by atoms with Crippen LogP contribution in [0, 0.1) is 0 Å². The largest absolute Gasteiger partial charge is 0.467 e. The van der Waals surface area contributed by atoms with Crippen LogP contribution < -0.4 is 5.32 Å². The molecule has 1 heterocycles. The highest BCUT2D eigenvalue weighted by atomic mass is 16.3. The first-order valence-electron chi connectivity index (χ1n) is 6.13. The van der Waals surface area contributed by atoms with Crippen molar-refractivity contribution < 1.29 is 14.0 Å². The molecule has 1 aromatic heterocycles. The third-order valence-electron chi connectivity index (χ3n) is 2.71. The Bertz CT molecular complexity index is 532. The van der Waals surface area contributed by atoms with Crippen molar-refractivity contribution in [3.63, 3.8) is 0 Å². The number of hydrogen-bond donors (Lipinski definition) is 1. The molecule has 0 saturated carbocycles. The minimum atomic E-state index is -0.152. The molecule has 98 valence electrons. The van der Waals surface area contributed by atoms with E-state index in [1.807, 2.05) is 18.2 Å². The molecule has 0 bridgehead atoms. The Morgan fingerprint density at radius 3 is 2.47 bits per heavy atom. The molecule has 2 aromatic rings. The summed E-state index contributed by atoms with van der Waals surface area (Å²) in [5.41, 5.74) is 0.640. The number of ketones is 1. The van der Waals surface area contributed by atoms with Gasteiger partial charge in [-0.1, -0.05) is 30.3 Å². The van der Waals surface area contributed by atoms with E-state index in [0.717, 1.165) is 0 Å². The summed E-state index contributed by atoms with van der Waals surface area (Å²) in [6.45, 7) is 0.353. The first-order chi connectivity index (χ1) is 9.25. The lowest BCUT2D eigenvalue weighted by molar-refractivity contribution is -0.121. The summed E-state index contributed by atoms with van der Waals surface area (Å²) in [7, 11) is 0. The normalized spacial score (nSPS) is 10.1. The lowest BCUT2D eigenvalue weighted by Gasteiger charge is -2.03. The molecule has 4 nitrogen and oxygen atoms in total. The molecular weight excluding hydrogens is 242 g/mol. The number of rotatable bonds is 6. The SMILES string of the molecule is O=C(CCC(=O)c1ccccc1)NCc1ccco1. The molecular formula is C15H15NO3. The van der Waals surface area contributed by atoms with Crippen LogP contribution in [0.4, 0.5) is 0 Å². The van der Waals surface area contributed by atoms with Gasteiger partial charge in [0.15, 0.2) is 5.78 Å². The van der Waals surface area contributed by atoms with Crippen molar-refractivity contribution in [2.24, 2.45) is 0 Å². The third kappa shape index (κ3) is 4.10. The molecule has 4 heteroatoms. The van der Waals surface area contributed by atoms with E-state index in [2.05, 4.69) is 5.32 Å². The number of carbonyl (C=O) groups is 2. The van der Waals surface area contributed by atoms with Crippen LogP contribution in [0.5, 0.6) is 0 Å². The van der Waals surface area contributed by atoms with Crippen LogP contribution >= 0.6 is 0 Å². The molecule has 0 radical (unpaired) electrons. The van der Waals surface area contributed by atoms with Gasteiger partial charge in [-0.15, -0.1) is 0 Å². The van der Waals surface area contributed by atoms with Gasteiger partial charge in [-0.25, -0.2) is 0 Å². The molecule has 1 N–H and O–H groups in total. The smallest absolute Gasteiger partial charge is 0.220 e. The van der Waals surface area contributed by atoms with E-state index >= 15 is 0 Å². The van der Waals surface area contributed by atoms with Crippen LogP contribution in [0.15, 0.2) is 53.1 Å². The first-order valence-corrected chi connectivity index (χ1v) is 6.13. The van der Waals surface area contributed by atoms with Gasteiger partial charge in [0.25, 0.3) is 0 Å². The second kappa shape index (κ2) is 6.54. The van der Waals surface area contributed by atoms with Crippen LogP contribution in [0.2, 0.25) is 0 Å². The fraction of sp³-hybridized carbons (Fsp3) is 0.200. The van der Waals surface area contributed by atoms with E-state index in [1.165, 1.54) is 0 Å². The van der Waals surface area contributed by atoms with Crippen LogP contribution in [0.1, 0.15) is 29.0 Å². The Labute approximate surface area is 111 Å². The lowest BCUT2D eigenvalue weighted by Crippen LogP contribution is -2.23. The van der Waals surface area contributed by atoms with Crippen molar-refractivity contribution in [1.82, 2.24) is 5.32 Å². The Kier molecular flexibility index (Phi) is 4.50. The minimum Gasteiger partial charge on any atom is -0.467 e. The Morgan fingerprint density at radius 1 is 1.00 bits per heavy atom. The van der Waals surface area contributed by atoms with Crippen molar-refractivity contribution in [2.45, 2.75) is 19.4 Å². The maximum absolute atomic E-state index is 11.8. The zero-order valence-electron chi connectivity index (χ0n) is 10.5. The van der Waals surface area contributed by atoms with Crippen LogP contribution in [-0.4, -0.2) is 11.7 Å². The van der Waals surface area contributed by atoms with Gasteiger partial charge < -0.3 is 9.73 Å². The van der Waals surface area contributed by atoms with Crippen LogP contribution in [-0.2, 0) is 11.3 Å². The highest BCUT2D eigenvalue weighted by Crippen LogP contribution is 2.05. The van der Waals surface area contributed by atoms with Crippen molar-refractivity contribution in [1.29, 1.82) is 0 Å². The summed E-state index contributed by atoms with van der Waals surface area (Å²) in [6, 6.07) is 12.5. The van der Waals surface area contributed by atoms with E-state index in [-0.39, 0.29) is 24.5 Å². The molecule has 0 aliphatic heterocycles. The monoisotopic (exact) mass is 257 g/mol. The van der Waals surface area contributed by atoms with E-state index in [9.17, 15) is 9.59 Å². The average molecular weight is 257 g/mol. The first kappa shape index (κ1) is 13.1. The molecule has 0 unspecified atom stereocenters. The molecule has 0 fully saturated rings. The summed E-state index contributed by atoms with van der Waals surface area (Å²) in [6.07, 6.45) is 1.96. The molecule has 1 aromatic carbocycles. The van der Waals surface area contributed by atoms with Gasteiger partial charge in [0.2, 0.25) is 5.91 Å². The molecule has 2 rings (SSSR count). The van der Waals surface area contributed by atoms with Gasteiger partial charge in [0.1, 0.15) is 5.76 Å². The number of Topliss-reactive ketones (excluding diaryl/α,β-unsaturated/α-hetero) is 1. The summed E-state index contributed by atoms with van der Waals surface area (Å²) >= 11 is 0. The minimum absolute atomic E-state index is 0.0197. The number of furan rings is 1.